The number of thioether (sulfide) groups is 1. The molecule has 1 unspecified atom stereocenters. The predicted molar refractivity (Wildman–Crippen MR) is 83.0 cm³/mol. The first-order valence-electron chi connectivity index (χ1n) is 6.63. The topological polar surface area (TPSA) is 45.3 Å². The third-order valence-corrected chi connectivity index (χ3v) is 4.81. The minimum absolute atomic E-state index is 0.0318. The minimum atomic E-state index is -0.0318. The Labute approximate surface area is 122 Å². The number of nitrogens with zero attached hydrogens (tertiary/aromatic N) is 1. The lowest BCUT2D eigenvalue weighted by Gasteiger charge is -2.14. The molecule has 0 saturated heterocycles. The van der Waals surface area contributed by atoms with Crippen LogP contribution in [0.15, 0.2) is 28.0 Å². The lowest BCUT2D eigenvalue weighted by Crippen LogP contribution is -2.23. The molecule has 5 heteroatoms. The van der Waals surface area contributed by atoms with Gasteiger partial charge < -0.3 is 14.6 Å². The Hall–Kier alpha value is -1.46. The van der Waals surface area contributed by atoms with Gasteiger partial charge in [-0.05, 0) is 38.2 Å². The summed E-state index contributed by atoms with van der Waals surface area (Å²) in [5.74, 6) is 0.788. The molecule has 1 aromatic heterocycles. The highest BCUT2D eigenvalue weighted by Crippen LogP contribution is 2.41. The van der Waals surface area contributed by atoms with Crippen LogP contribution in [-0.2, 0) is 6.42 Å². The van der Waals surface area contributed by atoms with Crippen molar-refractivity contribution in [2.75, 3.05) is 27.7 Å². The van der Waals surface area contributed by atoms with Crippen LogP contribution >= 0.6 is 11.8 Å². The van der Waals surface area contributed by atoms with E-state index in [0.717, 1.165) is 29.1 Å². The van der Waals surface area contributed by atoms with Crippen molar-refractivity contribution < 1.29 is 4.74 Å². The Bertz CT molecular complexity index is 709. The molecule has 2 aromatic rings. The Morgan fingerprint density at radius 2 is 2.25 bits per heavy atom. The number of pyridine rings is 1. The zero-order chi connectivity index (χ0) is 14.3. The smallest absolute Gasteiger partial charge is 0.256 e. The Morgan fingerprint density at radius 1 is 1.45 bits per heavy atom. The summed E-state index contributed by atoms with van der Waals surface area (Å²) in [4.78, 5) is 17.4. The summed E-state index contributed by atoms with van der Waals surface area (Å²) in [6.07, 6.45) is 0.964. The maximum absolute atomic E-state index is 12.2. The molecule has 1 N–H and O–H groups in total. The molecule has 3 rings (SSSR count). The van der Waals surface area contributed by atoms with Crippen molar-refractivity contribution in [3.8, 4) is 5.75 Å². The van der Waals surface area contributed by atoms with Crippen LogP contribution in [0.5, 0.6) is 5.75 Å². The molecule has 0 saturated carbocycles. The molecule has 1 aromatic carbocycles. The molecule has 0 aliphatic carbocycles. The number of hydrogen-bond acceptors (Lipinski definition) is 4. The molecule has 2 heterocycles. The molecule has 106 valence electrons. The first-order chi connectivity index (χ1) is 9.60. The van der Waals surface area contributed by atoms with Crippen LogP contribution in [0.3, 0.4) is 0 Å². The summed E-state index contributed by atoms with van der Waals surface area (Å²) in [6.45, 7) is 0.998. The van der Waals surface area contributed by atoms with Crippen LogP contribution in [-0.4, -0.2) is 42.9 Å². The normalized spacial score (nSPS) is 17.7. The standard InChI is InChI=1S/C15H18N2O2S/c1-17(2)8-9-7-11-13-10(5-4-6-12(13)19-3)14(18)16-15(11)20-9/h4-6,9H,7-8H2,1-3H3,(H,16,18). The van der Waals surface area contributed by atoms with Gasteiger partial charge in [0.25, 0.3) is 5.56 Å². The molecular weight excluding hydrogens is 272 g/mol. The van der Waals surface area contributed by atoms with Crippen LogP contribution in [0, 0.1) is 0 Å². The van der Waals surface area contributed by atoms with E-state index in [-0.39, 0.29) is 5.56 Å². The highest BCUT2D eigenvalue weighted by molar-refractivity contribution is 8.00. The Balaban J connectivity index is 2.16. The van der Waals surface area contributed by atoms with E-state index in [4.69, 9.17) is 4.74 Å². The fourth-order valence-electron chi connectivity index (χ4n) is 2.80. The van der Waals surface area contributed by atoms with Gasteiger partial charge in [0.1, 0.15) is 5.75 Å². The third-order valence-electron chi connectivity index (χ3n) is 3.58. The fourth-order valence-corrected chi connectivity index (χ4v) is 4.24. The average molecular weight is 290 g/mol. The van der Waals surface area contributed by atoms with Crippen molar-refractivity contribution in [2.24, 2.45) is 0 Å². The fraction of sp³-hybridized carbons (Fsp3) is 0.400. The van der Waals surface area contributed by atoms with Crippen molar-refractivity contribution in [1.29, 1.82) is 0 Å². The second-order valence-electron chi connectivity index (χ2n) is 5.35. The maximum Gasteiger partial charge on any atom is 0.256 e. The zero-order valence-electron chi connectivity index (χ0n) is 11.9. The number of methoxy groups -OCH3 is 1. The number of hydrogen-bond donors (Lipinski definition) is 1. The monoisotopic (exact) mass is 290 g/mol. The Morgan fingerprint density at radius 3 is 2.95 bits per heavy atom. The number of aromatic nitrogens is 1. The van der Waals surface area contributed by atoms with Crippen molar-refractivity contribution >= 4 is 22.5 Å². The van der Waals surface area contributed by atoms with E-state index in [1.54, 1.807) is 18.9 Å². The molecule has 4 nitrogen and oxygen atoms in total. The number of aromatic amines is 1. The predicted octanol–water partition coefficient (Wildman–Crippen LogP) is 2.12. The van der Waals surface area contributed by atoms with Crippen molar-refractivity contribution in [2.45, 2.75) is 16.7 Å². The first-order valence-corrected chi connectivity index (χ1v) is 7.51. The van der Waals surface area contributed by atoms with E-state index in [1.807, 2.05) is 18.2 Å². The SMILES string of the molecule is COc1cccc2c(=O)[nH]c3c(c12)CC(CN(C)C)S3. The summed E-state index contributed by atoms with van der Waals surface area (Å²) in [5, 5.41) is 3.17. The van der Waals surface area contributed by atoms with E-state index >= 15 is 0 Å². The summed E-state index contributed by atoms with van der Waals surface area (Å²) in [6, 6.07) is 5.65. The number of H-pyrrole nitrogens is 1. The second kappa shape index (κ2) is 5.14. The zero-order valence-corrected chi connectivity index (χ0v) is 12.7. The molecule has 0 bridgehead atoms. The number of nitrogens with one attached hydrogen (secondary N) is 1. The van der Waals surface area contributed by atoms with Gasteiger partial charge in [-0.2, -0.15) is 0 Å². The van der Waals surface area contributed by atoms with Crippen molar-refractivity contribution in [3.63, 3.8) is 0 Å². The van der Waals surface area contributed by atoms with Gasteiger partial charge >= 0.3 is 0 Å². The van der Waals surface area contributed by atoms with Gasteiger partial charge in [-0.25, -0.2) is 0 Å². The lowest BCUT2D eigenvalue weighted by atomic mass is 10.0. The summed E-state index contributed by atoms with van der Waals surface area (Å²) >= 11 is 1.76. The number of ether oxygens (including phenoxy) is 1. The lowest BCUT2D eigenvalue weighted by molar-refractivity contribution is 0.407. The molecule has 1 aliphatic rings. The average Bonchev–Trinajstić information content (AvgIpc) is 2.79. The Kier molecular flexibility index (Phi) is 3.48. The van der Waals surface area contributed by atoms with Gasteiger partial charge in [0.05, 0.1) is 17.5 Å². The molecular formula is C15H18N2O2S. The van der Waals surface area contributed by atoms with Gasteiger partial charge in [-0.3, -0.25) is 4.79 Å². The molecule has 0 fully saturated rings. The maximum atomic E-state index is 12.2. The van der Waals surface area contributed by atoms with Crippen LogP contribution in [0.25, 0.3) is 10.8 Å². The molecule has 1 aliphatic heterocycles. The third kappa shape index (κ3) is 2.21. The van der Waals surface area contributed by atoms with Crippen molar-refractivity contribution in [1.82, 2.24) is 9.88 Å². The second-order valence-corrected chi connectivity index (χ2v) is 6.66. The van der Waals surface area contributed by atoms with Crippen molar-refractivity contribution in [3.05, 3.63) is 34.1 Å². The van der Waals surface area contributed by atoms with E-state index in [0.29, 0.717) is 10.6 Å². The highest BCUT2D eigenvalue weighted by Gasteiger charge is 2.27. The summed E-state index contributed by atoms with van der Waals surface area (Å²) in [5.41, 5.74) is 1.18. The van der Waals surface area contributed by atoms with E-state index in [1.165, 1.54) is 5.56 Å². The summed E-state index contributed by atoms with van der Waals surface area (Å²) < 4.78 is 5.45. The number of fused-ring (bicyclic) bond motifs is 3. The van der Waals surface area contributed by atoms with Gasteiger partial charge in [0, 0.05) is 17.2 Å². The first kappa shape index (κ1) is 13.5. The van der Waals surface area contributed by atoms with E-state index < -0.39 is 0 Å². The van der Waals surface area contributed by atoms with Crippen LogP contribution in [0.1, 0.15) is 5.56 Å². The number of benzene rings is 1. The molecule has 1 atom stereocenters. The van der Waals surface area contributed by atoms with Gasteiger partial charge in [-0.1, -0.05) is 6.07 Å². The minimum Gasteiger partial charge on any atom is -0.496 e. The molecule has 0 spiro atoms. The quantitative estimate of drug-likeness (QED) is 0.940. The molecule has 0 amide bonds. The van der Waals surface area contributed by atoms with Crippen LogP contribution < -0.4 is 10.3 Å². The van der Waals surface area contributed by atoms with Gasteiger partial charge in [0.15, 0.2) is 0 Å². The largest absolute Gasteiger partial charge is 0.496 e. The van der Waals surface area contributed by atoms with Crippen LogP contribution in [0.4, 0.5) is 0 Å². The van der Waals surface area contributed by atoms with E-state index in [2.05, 4.69) is 24.0 Å². The summed E-state index contributed by atoms with van der Waals surface area (Å²) in [7, 11) is 5.80. The van der Waals surface area contributed by atoms with Gasteiger partial charge in [-0.15, -0.1) is 11.8 Å². The number of rotatable bonds is 3. The van der Waals surface area contributed by atoms with Crippen LogP contribution in [0.2, 0.25) is 0 Å². The molecule has 20 heavy (non-hydrogen) atoms. The van der Waals surface area contributed by atoms with E-state index in [9.17, 15) is 4.79 Å². The molecule has 0 radical (unpaired) electrons. The highest BCUT2D eigenvalue weighted by atomic mass is 32.2. The van der Waals surface area contributed by atoms with Gasteiger partial charge in [0.2, 0.25) is 0 Å².